The lowest BCUT2D eigenvalue weighted by molar-refractivity contribution is 0.108. The van der Waals surface area contributed by atoms with Crippen molar-refractivity contribution < 1.29 is 4.39 Å². The lowest BCUT2D eigenvalue weighted by Gasteiger charge is -2.37. The highest BCUT2D eigenvalue weighted by Crippen LogP contribution is 2.43. The van der Waals surface area contributed by atoms with Crippen LogP contribution in [0.5, 0.6) is 0 Å². The largest absolute Gasteiger partial charge is 0.300 e. The van der Waals surface area contributed by atoms with Crippen LogP contribution in [0.3, 0.4) is 0 Å². The van der Waals surface area contributed by atoms with Crippen molar-refractivity contribution in [1.82, 2.24) is 9.80 Å². The molecule has 2 bridgehead atoms. The second-order valence-corrected chi connectivity index (χ2v) is 7.21. The van der Waals surface area contributed by atoms with Gasteiger partial charge >= 0.3 is 0 Å². The van der Waals surface area contributed by atoms with Crippen molar-refractivity contribution >= 4 is 0 Å². The summed E-state index contributed by atoms with van der Waals surface area (Å²) in [6, 6.07) is 7.16. The van der Waals surface area contributed by atoms with Gasteiger partial charge in [-0.25, -0.2) is 4.39 Å². The zero-order chi connectivity index (χ0) is 14.9. The standard InChI is InChI=1S/C19H25FN2/c20-19-4-2-1-3-17(19)13-21-7-9-22(10-8-21)14-18-12-15-5-6-16(18)11-15/h1-6,15-16,18H,7-14H2/t15-,16+,18+/m0/s1. The van der Waals surface area contributed by atoms with Gasteiger partial charge < -0.3 is 4.90 Å². The molecule has 0 unspecified atom stereocenters. The molecule has 0 spiro atoms. The van der Waals surface area contributed by atoms with Crippen LogP contribution in [0.1, 0.15) is 18.4 Å². The number of fused-ring (bicyclic) bond motifs is 2. The summed E-state index contributed by atoms with van der Waals surface area (Å²) in [6.45, 7) is 6.39. The van der Waals surface area contributed by atoms with E-state index in [-0.39, 0.29) is 5.82 Å². The van der Waals surface area contributed by atoms with Gasteiger partial charge in [-0.3, -0.25) is 4.90 Å². The van der Waals surface area contributed by atoms with Crippen LogP contribution in [0, 0.1) is 23.6 Å². The molecule has 2 fully saturated rings. The zero-order valence-electron chi connectivity index (χ0n) is 13.1. The van der Waals surface area contributed by atoms with Gasteiger partial charge in [-0.1, -0.05) is 30.4 Å². The molecule has 1 aliphatic heterocycles. The van der Waals surface area contributed by atoms with Crippen molar-refractivity contribution in [1.29, 1.82) is 0 Å². The summed E-state index contributed by atoms with van der Waals surface area (Å²) in [4.78, 5) is 5.01. The first-order valence-corrected chi connectivity index (χ1v) is 8.64. The van der Waals surface area contributed by atoms with Gasteiger partial charge in [-0.15, -0.1) is 0 Å². The quantitative estimate of drug-likeness (QED) is 0.788. The Kier molecular flexibility index (Phi) is 4.01. The predicted octanol–water partition coefficient (Wildman–Crippen LogP) is 3.16. The molecule has 1 saturated carbocycles. The first kappa shape index (κ1) is 14.4. The van der Waals surface area contributed by atoms with E-state index in [1.807, 2.05) is 12.1 Å². The molecule has 1 aromatic rings. The van der Waals surface area contributed by atoms with E-state index in [4.69, 9.17) is 0 Å². The van der Waals surface area contributed by atoms with E-state index in [1.54, 1.807) is 12.1 Å². The van der Waals surface area contributed by atoms with E-state index in [0.29, 0.717) is 0 Å². The lowest BCUT2D eigenvalue weighted by atomic mass is 9.93. The Morgan fingerprint density at radius 2 is 1.73 bits per heavy atom. The van der Waals surface area contributed by atoms with Crippen LogP contribution in [0.4, 0.5) is 4.39 Å². The molecule has 22 heavy (non-hydrogen) atoms. The van der Waals surface area contributed by atoms with Crippen LogP contribution in [-0.2, 0) is 6.54 Å². The van der Waals surface area contributed by atoms with E-state index in [2.05, 4.69) is 22.0 Å². The molecule has 1 aromatic carbocycles. The number of hydrogen-bond acceptors (Lipinski definition) is 2. The van der Waals surface area contributed by atoms with Crippen LogP contribution in [0.25, 0.3) is 0 Å². The monoisotopic (exact) mass is 300 g/mol. The molecule has 4 rings (SSSR count). The van der Waals surface area contributed by atoms with Crippen molar-refractivity contribution in [2.24, 2.45) is 17.8 Å². The van der Waals surface area contributed by atoms with Crippen molar-refractivity contribution in [2.45, 2.75) is 19.4 Å². The maximum absolute atomic E-state index is 13.7. The number of piperazine rings is 1. The summed E-state index contributed by atoms with van der Waals surface area (Å²) >= 11 is 0. The molecular formula is C19H25FN2. The Labute approximate surface area is 132 Å². The molecule has 2 nitrogen and oxygen atoms in total. The molecule has 0 radical (unpaired) electrons. The third kappa shape index (κ3) is 2.97. The maximum atomic E-state index is 13.7. The predicted molar refractivity (Wildman–Crippen MR) is 87.0 cm³/mol. The van der Waals surface area contributed by atoms with E-state index in [1.165, 1.54) is 19.4 Å². The molecule has 3 aliphatic rings. The molecule has 3 atom stereocenters. The summed E-state index contributed by atoms with van der Waals surface area (Å²) in [5.41, 5.74) is 0.828. The highest BCUT2D eigenvalue weighted by molar-refractivity contribution is 5.17. The Hall–Kier alpha value is -1.19. The zero-order valence-corrected chi connectivity index (χ0v) is 13.1. The molecule has 0 amide bonds. The lowest BCUT2D eigenvalue weighted by Crippen LogP contribution is -2.47. The molecule has 1 saturated heterocycles. The van der Waals surface area contributed by atoms with Gasteiger partial charge in [-0.2, -0.15) is 0 Å². The Morgan fingerprint density at radius 3 is 2.41 bits per heavy atom. The molecule has 0 N–H and O–H groups in total. The number of hydrogen-bond donors (Lipinski definition) is 0. The van der Waals surface area contributed by atoms with Gasteiger partial charge in [0.1, 0.15) is 5.82 Å². The average molecular weight is 300 g/mol. The summed E-state index contributed by atoms with van der Waals surface area (Å²) in [6.07, 6.45) is 7.68. The molecule has 118 valence electrons. The summed E-state index contributed by atoms with van der Waals surface area (Å²) in [5, 5.41) is 0. The molecule has 2 aliphatic carbocycles. The number of benzene rings is 1. The van der Waals surface area contributed by atoms with E-state index < -0.39 is 0 Å². The molecule has 1 heterocycles. The minimum Gasteiger partial charge on any atom is -0.300 e. The van der Waals surface area contributed by atoms with Gasteiger partial charge in [0, 0.05) is 44.8 Å². The maximum Gasteiger partial charge on any atom is 0.127 e. The summed E-state index contributed by atoms with van der Waals surface area (Å²) < 4.78 is 13.7. The van der Waals surface area contributed by atoms with E-state index >= 15 is 0 Å². The fourth-order valence-corrected chi connectivity index (χ4v) is 4.43. The number of halogens is 1. The van der Waals surface area contributed by atoms with Gasteiger partial charge in [0.05, 0.1) is 0 Å². The van der Waals surface area contributed by atoms with Crippen molar-refractivity contribution in [3.8, 4) is 0 Å². The summed E-state index contributed by atoms with van der Waals surface area (Å²) in [5.74, 6) is 2.53. The third-order valence-corrected chi connectivity index (χ3v) is 5.73. The molecule has 0 aromatic heterocycles. The van der Waals surface area contributed by atoms with Crippen molar-refractivity contribution in [3.05, 3.63) is 47.8 Å². The van der Waals surface area contributed by atoms with Gasteiger partial charge in [-0.05, 0) is 36.7 Å². The van der Waals surface area contributed by atoms with Crippen LogP contribution in [0.2, 0.25) is 0 Å². The SMILES string of the molecule is Fc1ccccc1CN1CCN(C[C@H]2C[C@H]3C=C[C@@H]2C3)CC1. The van der Waals surface area contributed by atoms with Crippen molar-refractivity contribution in [3.63, 3.8) is 0 Å². The van der Waals surface area contributed by atoms with Crippen LogP contribution in [-0.4, -0.2) is 42.5 Å². The number of allylic oxidation sites excluding steroid dienone is 2. The fraction of sp³-hybridized carbons (Fsp3) is 0.579. The van der Waals surface area contributed by atoms with E-state index in [9.17, 15) is 4.39 Å². The highest BCUT2D eigenvalue weighted by atomic mass is 19.1. The second kappa shape index (κ2) is 6.13. The smallest absolute Gasteiger partial charge is 0.127 e. The summed E-state index contributed by atoms with van der Waals surface area (Å²) in [7, 11) is 0. The Bertz CT molecular complexity index is 548. The minimum absolute atomic E-state index is 0.0707. The van der Waals surface area contributed by atoms with Gasteiger partial charge in [0.15, 0.2) is 0 Å². The van der Waals surface area contributed by atoms with Gasteiger partial charge in [0.25, 0.3) is 0 Å². The first-order valence-electron chi connectivity index (χ1n) is 8.64. The molecular weight excluding hydrogens is 275 g/mol. The fourth-order valence-electron chi connectivity index (χ4n) is 4.43. The molecule has 3 heteroatoms. The topological polar surface area (TPSA) is 6.48 Å². The number of rotatable bonds is 4. The van der Waals surface area contributed by atoms with Crippen LogP contribution >= 0.6 is 0 Å². The Morgan fingerprint density at radius 1 is 0.955 bits per heavy atom. The minimum atomic E-state index is -0.0707. The second-order valence-electron chi connectivity index (χ2n) is 7.21. The van der Waals surface area contributed by atoms with Gasteiger partial charge in [0.2, 0.25) is 0 Å². The Balaban J connectivity index is 1.26. The third-order valence-electron chi connectivity index (χ3n) is 5.73. The number of nitrogens with zero attached hydrogens (tertiary/aromatic N) is 2. The van der Waals surface area contributed by atoms with Crippen LogP contribution in [0.15, 0.2) is 36.4 Å². The first-order chi connectivity index (χ1) is 10.8. The van der Waals surface area contributed by atoms with Crippen LogP contribution < -0.4 is 0 Å². The highest BCUT2D eigenvalue weighted by Gasteiger charge is 2.36. The van der Waals surface area contributed by atoms with E-state index in [0.717, 1.165) is 56.0 Å². The average Bonchev–Trinajstić information content (AvgIpc) is 3.14. The van der Waals surface area contributed by atoms with Crippen molar-refractivity contribution in [2.75, 3.05) is 32.7 Å². The normalized spacial score (nSPS) is 32.0.